The first kappa shape index (κ1) is 16.3. The van der Waals surface area contributed by atoms with Gasteiger partial charge in [0.05, 0.1) is 0 Å². The van der Waals surface area contributed by atoms with Crippen LogP contribution in [0.15, 0.2) is 60.3 Å². The number of rotatable bonds is 4. The second-order valence-corrected chi connectivity index (χ2v) is 5.30. The second kappa shape index (κ2) is 7.28. The lowest BCUT2D eigenvalue weighted by atomic mass is 10.1. The van der Waals surface area contributed by atoms with E-state index < -0.39 is 5.91 Å². The van der Waals surface area contributed by atoms with Crippen LogP contribution in [-0.4, -0.2) is 13.0 Å². The number of carbonyl (C=O) groups excluding carboxylic acids is 1. The molecule has 0 heterocycles. The van der Waals surface area contributed by atoms with Crippen LogP contribution in [0.25, 0.3) is 0 Å². The molecule has 23 heavy (non-hydrogen) atoms. The van der Waals surface area contributed by atoms with E-state index in [9.17, 15) is 10.1 Å². The number of carbonyl (C=O) groups is 1. The summed E-state index contributed by atoms with van der Waals surface area (Å²) in [7, 11) is 1.80. The monoisotopic (exact) mass is 305 g/mol. The van der Waals surface area contributed by atoms with Gasteiger partial charge in [-0.2, -0.15) is 5.26 Å². The zero-order valence-corrected chi connectivity index (χ0v) is 13.5. The van der Waals surface area contributed by atoms with Crippen LogP contribution in [0, 0.1) is 25.2 Å². The summed E-state index contributed by atoms with van der Waals surface area (Å²) >= 11 is 0. The Morgan fingerprint density at radius 2 is 1.83 bits per heavy atom. The number of nitrogens with zero attached hydrogens (tertiary/aromatic N) is 2. The van der Waals surface area contributed by atoms with Crippen molar-refractivity contribution < 1.29 is 4.79 Å². The predicted molar refractivity (Wildman–Crippen MR) is 93.1 cm³/mol. The zero-order chi connectivity index (χ0) is 16.8. The Balaban J connectivity index is 2.20. The summed E-state index contributed by atoms with van der Waals surface area (Å²) in [6.45, 7) is 3.92. The summed E-state index contributed by atoms with van der Waals surface area (Å²) in [5, 5.41) is 12.1. The smallest absolute Gasteiger partial charge is 0.267 e. The van der Waals surface area contributed by atoms with Crippen molar-refractivity contribution in [2.75, 3.05) is 17.3 Å². The molecule has 0 unspecified atom stereocenters. The summed E-state index contributed by atoms with van der Waals surface area (Å²) in [4.78, 5) is 14.1. The molecule has 0 saturated carbocycles. The molecule has 0 spiro atoms. The van der Waals surface area contributed by atoms with Crippen molar-refractivity contribution in [3.63, 3.8) is 0 Å². The lowest BCUT2D eigenvalue weighted by Gasteiger charge is -2.15. The highest BCUT2D eigenvalue weighted by molar-refractivity contribution is 6.07. The maximum Gasteiger partial charge on any atom is 0.267 e. The van der Waals surface area contributed by atoms with Crippen LogP contribution >= 0.6 is 0 Å². The van der Waals surface area contributed by atoms with Crippen LogP contribution in [0.5, 0.6) is 0 Å². The van der Waals surface area contributed by atoms with Crippen LogP contribution in [-0.2, 0) is 4.79 Å². The van der Waals surface area contributed by atoms with E-state index in [-0.39, 0.29) is 5.57 Å². The van der Waals surface area contributed by atoms with Crippen LogP contribution in [0.1, 0.15) is 11.1 Å². The number of aryl methyl sites for hydroxylation is 1. The topological polar surface area (TPSA) is 56.1 Å². The van der Waals surface area contributed by atoms with Gasteiger partial charge in [0.25, 0.3) is 5.91 Å². The normalized spacial score (nSPS) is 10.8. The van der Waals surface area contributed by atoms with Crippen molar-refractivity contribution in [1.82, 2.24) is 0 Å². The van der Waals surface area contributed by atoms with Gasteiger partial charge in [0.1, 0.15) is 11.6 Å². The fourth-order valence-electron chi connectivity index (χ4n) is 2.15. The maximum atomic E-state index is 12.3. The number of nitriles is 1. The second-order valence-electron chi connectivity index (χ2n) is 5.30. The molecule has 2 rings (SSSR count). The van der Waals surface area contributed by atoms with E-state index in [0.717, 1.165) is 22.5 Å². The maximum absolute atomic E-state index is 12.3. The lowest BCUT2D eigenvalue weighted by molar-refractivity contribution is -0.112. The predicted octanol–water partition coefficient (Wildman–Crippen LogP) is 3.79. The number of nitrogens with one attached hydrogen (secondary N) is 1. The van der Waals surface area contributed by atoms with Gasteiger partial charge < -0.3 is 10.2 Å². The average Bonchev–Trinajstić information content (AvgIpc) is 2.57. The first-order valence-corrected chi connectivity index (χ1v) is 7.30. The molecule has 0 atom stereocenters. The quantitative estimate of drug-likeness (QED) is 0.690. The Labute approximate surface area is 136 Å². The molecule has 1 N–H and O–H groups in total. The number of anilines is 2. The third-order valence-corrected chi connectivity index (χ3v) is 3.70. The number of hydrogen-bond donors (Lipinski definition) is 1. The summed E-state index contributed by atoms with van der Waals surface area (Å²) in [6, 6.07) is 17.2. The molecule has 0 aromatic heterocycles. The summed E-state index contributed by atoms with van der Waals surface area (Å²) in [5.74, 6) is -0.413. The highest BCUT2D eigenvalue weighted by Gasteiger charge is 2.12. The van der Waals surface area contributed by atoms with Crippen molar-refractivity contribution in [2.45, 2.75) is 13.8 Å². The van der Waals surface area contributed by atoms with E-state index in [4.69, 9.17) is 0 Å². The first-order valence-electron chi connectivity index (χ1n) is 7.30. The summed E-state index contributed by atoms with van der Waals surface area (Å²) < 4.78 is 0. The van der Waals surface area contributed by atoms with Crippen molar-refractivity contribution in [3.05, 3.63) is 71.4 Å². The first-order chi connectivity index (χ1) is 11.0. The Bertz CT molecular complexity index is 773. The van der Waals surface area contributed by atoms with Gasteiger partial charge in [-0.15, -0.1) is 0 Å². The fourth-order valence-corrected chi connectivity index (χ4v) is 2.15. The highest BCUT2D eigenvalue weighted by atomic mass is 16.1. The largest absolute Gasteiger partial charge is 0.350 e. The molecule has 0 bridgehead atoms. The van der Waals surface area contributed by atoms with Crippen LogP contribution in [0.4, 0.5) is 11.4 Å². The number of benzene rings is 2. The number of para-hydroxylation sites is 1. The zero-order valence-electron chi connectivity index (χ0n) is 13.5. The van der Waals surface area contributed by atoms with Crippen molar-refractivity contribution >= 4 is 17.3 Å². The molecular formula is C19H19N3O. The lowest BCUT2D eigenvalue weighted by Crippen LogP contribution is -2.18. The van der Waals surface area contributed by atoms with Crippen LogP contribution in [0.3, 0.4) is 0 Å². The van der Waals surface area contributed by atoms with Gasteiger partial charge in [0.2, 0.25) is 0 Å². The fraction of sp³-hybridized carbons (Fsp3) is 0.158. The van der Waals surface area contributed by atoms with Gasteiger partial charge in [-0.05, 0) is 43.2 Å². The molecule has 0 aliphatic carbocycles. The molecule has 0 fully saturated rings. The molecule has 0 aliphatic heterocycles. The molecule has 4 heteroatoms. The van der Waals surface area contributed by atoms with Gasteiger partial charge in [-0.25, -0.2) is 0 Å². The molecular weight excluding hydrogens is 286 g/mol. The van der Waals surface area contributed by atoms with Gasteiger partial charge in [0.15, 0.2) is 0 Å². The molecule has 1 amide bonds. The number of amides is 1. The molecule has 4 nitrogen and oxygen atoms in total. The minimum atomic E-state index is -0.413. The van der Waals surface area contributed by atoms with Crippen molar-refractivity contribution in [2.24, 2.45) is 0 Å². The summed E-state index contributed by atoms with van der Waals surface area (Å²) in [6.07, 6.45) is 1.54. The Morgan fingerprint density at radius 1 is 1.13 bits per heavy atom. The van der Waals surface area contributed by atoms with E-state index in [1.54, 1.807) is 11.9 Å². The SMILES string of the molecule is Cc1cccc(NC(=O)/C(C#N)=C\N(C)c2ccccc2)c1C. The Kier molecular flexibility index (Phi) is 5.16. The van der Waals surface area contributed by atoms with Crippen LogP contribution < -0.4 is 10.2 Å². The van der Waals surface area contributed by atoms with E-state index in [0.29, 0.717) is 0 Å². The standard InChI is InChI=1S/C19H19N3O/c1-14-8-7-11-18(15(14)2)21-19(23)16(12-20)13-22(3)17-9-5-4-6-10-17/h4-11,13H,1-3H3,(H,21,23)/b16-13-. The van der Waals surface area contributed by atoms with E-state index in [2.05, 4.69) is 5.32 Å². The molecule has 0 aliphatic rings. The third kappa shape index (κ3) is 3.98. The van der Waals surface area contributed by atoms with Gasteiger partial charge in [-0.1, -0.05) is 30.3 Å². The Hall–Kier alpha value is -3.06. The minimum Gasteiger partial charge on any atom is -0.350 e. The van der Waals surface area contributed by atoms with Crippen molar-refractivity contribution in [1.29, 1.82) is 5.26 Å². The molecule has 0 radical (unpaired) electrons. The Morgan fingerprint density at radius 3 is 2.48 bits per heavy atom. The highest BCUT2D eigenvalue weighted by Crippen LogP contribution is 2.19. The average molecular weight is 305 g/mol. The van der Waals surface area contributed by atoms with E-state index in [1.165, 1.54) is 6.20 Å². The molecule has 0 saturated heterocycles. The molecule has 116 valence electrons. The molecule has 2 aromatic rings. The van der Waals surface area contributed by atoms with Crippen molar-refractivity contribution in [3.8, 4) is 6.07 Å². The third-order valence-electron chi connectivity index (χ3n) is 3.70. The van der Waals surface area contributed by atoms with E-state index in [1.807, 2.05) is 68.4 Å². The van der Waals surface area contributed by atoms with Gasteiger partial charge in [0, 0.05) is 24.6 Å². The van der Waals surface area contributed by atoms with E-state index >= 15 is 0 Å². The number of hydrogen-bond acceptors (Lipinski definition) is 3. The molecule has 2 aromatic carbocycles. The van der Waals surface area contributed by atoms with Gasteiger partial charge >= 0.3 is 0 Å². The summed E-state index contributed by atoms with van der Waals surface area (Å²) in [5.41, 5.74) is 3.76. The van der Waals surface area contributed by atoms with Crippen LogP contribution in [0.2, 0.25) is 0 Å². The minimum absolute atomic E-state index is 0.0530. The van der Waals surface area contributed by atoms with Gasteiger partial charge in [-0.3, -0.25) is 4.79 Å².